The molecule has 4 rings (SSSR count). The first-order chi connectivity index (χ1) is 21.8. The number of likely N-dealkylation sites (tertiary alicyclic amines) is 1. The number of hydrogen-bond donors (Lipinski definition) is 5. The minimum Gasteiger partial charge on any atom is -0.475 e. The van der Waals surface area contributed by atoms with Gasteiger partial charge in [-0.25, -0.2) is 4.79 Å². The van der Waals surface area contributed by atoms with Crippen LogP contribution in [-0.2, 0) is 19.2 Å². The maximum Gasteiger partial charge on any atom is 0.490 e. The predicted molar refractivity (Wildman–Crippen MR) is 160 cm³/mol. The number of rotatable bonds is 11. The quantitative estimate of drug-likeness (QED) is 0.195. The number of nitrogens with one attached hydrogen (secondary N) is 3. The zero-order valence-corrected chi connectivity index (χ0v) is 25.1. The van der Waals surface area contributed by atoms with Crippen LogP contribution in [0.15, 0.2) is 42.5 Å². The highest BCUT2D eigenvalue weighted by atomic mass is 19.4. The maximum atomic E-state index is 13.1. The maximum absolute atomic E-state index is 13.1. The third-order valence-corrected chi connectivity index (χ3v) is 7.40. The predicted octanol–water partition coefficient (Wildman–Crippen LogP) is 2.25. The van der Waals surface area contributed by atoms with Crippen LogP contribution in [0.5, 0.6) is 0 Å². The number of carboxylic acids is 1. The average molecular weight is 648 g/mol. The second-order valence-corrected chi connectivity index (χ2v) is 10.6. The summed E-state index contributed by atoms with van der Waals surface area (Å²) in [5, 5.41) is 15.9. The summed E-state index contributed by atoms with van der Waals surface area (Å²) in [6.07, 6.45) is -2.06. The fourth-order valence-electron chi connectivity index (χ4n) is 5.24. The van der Waals surface area contributed by atoms with Gasteiger partial charge in [0.15, 0.2) is 11.6 Å². The van der Waals surface area contributed by atoms with Gasteiger partial charge in [0.25, 0.3) is 0 Å². The van der Waals surface area contributed by atoms with Gasteiger partial charge < -0.3 is 31.7 Å². The molecule has 12 nitrogen and oxygen atoms in total. The molecular weight excluding hydrogens is 611 g/mol. The molecule has 1 fully saturated rings. The van der Waals surface area contributed by atoms with Crippen LogP contribution >= 0.6 is 0 Å². The van der Waals surface area contributed by atoms with Gasteiger partial charge >= 0.3 is 12.1 Å². The summed E-state index contributed by atoms with van der Waals surface area (Å²) < 4.78 is 31.7. The van der Waals surface area contributed by atoms with Crippen molar-refractivity contribution in [2.75, 3.05) is 31.5 Å². The number of ketones is 2. The standard InChI is InChI=1S/C29H35N5O5.C2HF3O2/c1-2-8-22(33-24(35)17-30)29(39)34-16-6-13-23(34)28(38)32-15-7-14-31-21-12-5-11-20-25(21)27(37)19-10-4-3-9-18(19)26(20)36;3-2(4,5)1(6)7/h3-5,9-12,22-23,31H,2,6-8,13-17,30H2,1H3,(H,32,38)(H,33,35);(H,6,7)/t22-,23-;/m0./s1. The van der Waals surface area contributed by atoms with Crippen molar-refractivity contribution in [3.8, 4) is 0 Å². The zero-order valence-electron chi connectivity index (χ0n) is 25.1. The van der Waals surface area contributed by atoms with Gasteiger partial charge in [-0.2, -0.15) is 13.2 Å². The number of carbonyl (C=O) groups excluding carboxylic acids is 5. The molecule has 46 heavy (non-hydrogen) atoms. The van der Waals surface area contributed by atoms with Crippen molar-refractivity contribution >= 4 is 40.9 Å². The molecule has 0 radical (unpaired) electrons. The van der Waals surface area contributed by atoms with Gasteiger partial charge in [-0.1, -0.05) is 49.7 Å². The Bertz CT molecular complexity index is 1480. The number of nitrogens with two attached hydrogens (primary N) is 1. The number of benzene rings is 2. The highest BCUT2D eigenvalue weighted by molar-refractivity contribution is 6.30. The van der Waals surface area contributed by atoms with Crippen LogP contribution in [0.25, 0.3) is 0 Å². The summed E-state index contributed by atoms with van der Waals surface area (Å²) in [6.45, 7) is 3.03. The van der Waals surface area contributed by atoms with E-state index in [-0.39, 0.29) is 29.9 Å². The Kier molecular flexibility index (Phi) is 12.4. The normalized spacial score (nSPS) is 15.9. The smallest absolute Gasteiger partial charge is 0.475 e. The van der Waals surface area contributed by atoms with Crippen LogP contribution in [0.3, 0.4) is 0 Å². The van der Waals surface area contributed by atoms with Crippen molar-refractivity contribution in [2.45, 2.75) is 57.3 Å². The van der Waals surface area contributed by atoms with E-state index in [1.807, 2.05) is 6.92 Å². The minimum atomic E-state index is -5.08. The summed E-state index contributed by atoms with van der Waals surface area (Å²) in [5.74, 6) is -4.00. The summed E-state index contributed by atoms with van der Waals surface area (Å²) >= 11 is 0. The van der Waals surface area contributed by atoms with Crippen molar-refractivity contribution in [2.24, 2.45) is 5.73 Å². The van der Waals surface area contributed by atoms with E-state index in [4.69, 9.17) is 15.6 Å². The lowest BCUT2D eigenvalue weighted by atomic mass is 9.83. The van der Waals surface area contributed by atoms with E-state index in [0.717, 1.165) is 0 Å². The first-order valence-electron chi connectivity index (χ1n) is 14.7. The van der Waals surface area contributed by atoms with Crippen LogP contribution in [0, 0.1) is 0 Å². The van der Waals surface area contributed by atoms with E-state index in [1.54, 1.807) is 47.4 Å². The van der Waals surface area contributed by atoms with Gasteiger partial charge in [0.2, 0.25) is 17.7 Å². The van der Waals surface area contributed by atoms with E-state index in [2.05, 4.69) is 16.0 Å². The van der Waals surface area contributed by atoms with Gasteiger partial charge in [-0.15, -0.1) is 0 Å². The third-order valence-electron chi connectivity index (χ3n) is 7.40. The van der Waals surface area contributed by atoms with Gasteiger partial charge in [-0.05, 0) is 31.7 Å². The number of carboxylic acid groups (broad SMARTS) is 1. The minimum absolute atomic E-state index is 0.171. The van der Waals surface area contributed by atoms with Crippen LogP contribution in [0.4, 0.5) is 18.9 Å². The highest BCUT2D eigenvalue weighted by Crippen LogP contribution is 2.32. The summed E-state index contributed by atoms with van der Waals surface area (Å²) in [5.41, 5.74) is 7.54. The van der Waals surface area contributed by atoms with E-state index < -0.39 is 30.1 Å². The van der Waals surface area contributed by atoms with Gasteiger partial charge in [0, 0.05) is 42.0 Å². The molecule has 1 aliphatic heterocycles. The van der Waals surface area contributed by atoms with E-state index in [9.17, 15) is 37.1 Å². The van der Waals surface area contributed by atoms with Crippen LogP contribution in [-0.4, -0.2) is 89.7 Å². The summed E-state index contributed by atoms with van der Waals surface area (Å²) in [6, 6.07) is 10.7. The Morgan fingerprint density at radius 2 is 1.63 bits per heavy atom. The van der Waals surface area contributed by atoms with Crippen molar-refractivity contribution in [3.63, 3.8) is 0 Å². The number of carbonyl (C=O) groups is 6. The van der Waals surface area contributed by atoms with Gasteiger partial charge in [-0.3, -0.25) is 24.0 Å². The lowest BCUT2D eigenvalue weighted by Gasteiger charge is -2.28. The number of alkyl halides is 3. The van der Waals surface area contributed by atoms with Crippen molar-refractivity contribution in [1.82, 2.24) is 15.5 Å². The Balaban J connectivity index is 0.000000738. The van der Waals surface area contributed by atoms with Crippen LogP contribution < -0.4 is 21.7 Å². The van der Waals surface area contributed by atoms with Crippen LogP contribution in [0.1, 0.15) is 70.9 Å². The highest BCUT2D eigenvalue weighted by Gasteiger charge is 2.39. The molecule has 0 aromatic heterocycles. The number of amides is 3. The van der Waals surface area contributed by atoms with Crippen molar-refractivity contribution in [3.05, 3.63) is 64.7 Å². The van der Waals surface area contributed by atoms with Gasteiger partial charge in [0.1, 0.15) is 12.1 Å². The molecule has 3 amide bonds. The molecule has 248 valence electrons. The molecule has 0 spiro atoms. The molecule has 1 saturated heterocycles. The monoisotopic (exact) mass is 647 g/mol. The molecule has 1 heterocycles. The molecule has 2 aromatic rings. The van der Waals surface area contributed by atoms with Gasteiger partial charge in [0.05, 0.1) is 12.1 Å². The van der Waals surface area contributed by atoms with Crippen molar-refractivity contribution < 1.29 is 47.0 Å². The van der Waals surface area contributed by atoms with E-state index in [0.29, 0.717) is 79.7 Å². The fourth-order valence-corrected chi connectivity index (χ4v) is 5.24. The van der Waals surface area contributed by atoms with E-state index in [1.165, 1.54) is 0 Å². The topological polar surface area (TPSA) is 188 Å². The number of aliphatic carboxylic acids is 1. The Morgan fingerprint density at radius 3 is 2.24 bits per heavy atom. The third kappa shape index (κ3) is 8.68. The van der Waals surface area contributed by atoms with Crippen LogP contribution in [0.2, 0.25) is 0 Å². The Morgan fingerprint density at radius 1 is 1.00 bits per heavy atom. The molecule has 2 aromatic carbocycles. The zero-order chi connectivity index (χ0) is 34.0. The molecule has 0 bridgehead atoms. The first-order valence-corrected chi connectivity index (χ1v) is 14.7. The molecule has 2 aliphatic rings. The second-order valence-electron chi connectivity index (χ2n) is 10.6. The fraction of sp³-hybridized carbons (Fsp3) is 0.419. The lowest BCUT2D eigenvalue weighted by molar-refractivity contribution is -0.192. The van der Waals surface area contributed by atoms with E-state index >= 15 is 0 Å². The molecule has 2 atom stereocenters. The second kappa shape index (κ2) is 16.0. The molecule has 0 saturated carbocycles. The Hall–Kier alpha value is -4.79. The SMILES string of the molecule is CCC[C@H](NC(=O)CN)C(=O)N1CCC[C@H]1C(=O)NCCCNc1cccc2c1C(=O)c1ccccc1C2=O.O=C(O)C(F)(F)F. The molecule has 1 aliphatic carbocycles. The molecular formula is C31H36F3N5O7. The average Bonchev–Trinajstić information content (AvgIpc) is 3.53. The molecule has 6 N–H and O–H groups in total. The van der Waals surface area contributed by atoms with Crippen molar-refractivity contribution in [1.29, 1.82) is 0 Å². The lowest BCUT2D eigenvalue weighted by Crippen LogP contribution is -2.54. The summed E-state index contributed by atoms with van der Waals surface area (Å²) in [4.78, 5) is 74.3. The Labute approximate surface area is 262 Å². The largest absolute Gasteiger partial charge is 0.490 e. The number of hydrogen-bond acceptors (Lipinski definition) is 8. The number of anilines is 1. The molecule has 0 unspecified atom stereocenters. The molecule has 15 heteroatoms. The number of fused-ring (bicyclic) bond motifs is 2. The number of nitrogens with zero attached hydrogens (tertiary/aromatic N) is 1. The summed E-state index contributed by atoms with van der Waals surface area (Å²) in [7, 11) is 0. The first kappa shape index (κ1) is 35.7. The number of halogens is 3.